The molecule has 0 saturated heterocycles. The van der Waals surface area contributed by atoms with E-state index in [1.54, 1.807) is 11.3 Å². The highest BCUT2D eigenvalue weighted by molar-refractivity contribution is 7.07. The predicted molar refractivity (Wildman–Crippen MR) is 51.4 cm³/mol. The number of hydrogen-bond donors (Lipinski definition) is 2. The van der Waals surface area contributed by atoms with Gasteiger partial charge in [-0.2, -0.15) is 11.3 Å². The summed E-state index contributed by atoms with van der Waals surface area (Å²) in [5, 5.41) is 6.69. The maximum atomic E-state index is 11.0. The number of nitrogens with one attached hydrogen (secondary N) is 2. The van der Waals surface area contributed by atoms with Crippen molar-refractivity contribution in [2.45, 2.75) is 13.0 Å². The van der Waals surface area contributed by atoms with Gasteiger partial charge in [0.2, 0.25) is 0 Å². The monoisotopic (exact) mass is 200 g/mol. The van der Waals surface area contributed by atoms with Crippen molar-refractivity contribution >= 4 is 17.4 Å². The number of urea groups is 1. The van der Waals surface area contributed by atoms with Gasteiger partial charge in [0.25, 0.3) is 0 Å². The fourth-order valence-electron chi connectivity index (χ4n) is 0.924. The zero-order chi connectivity index (χ0) is 9.68. The van der Waals surface area contributed by atoms with Crippen LogP contribution in [0, 0.1) is 0 Å². The van der Waals surface area contributed by atoms with Crippen LogP contribution in [-0.2, 0) is 4.84 Å². The van der Waals surface area contributed by atoms with E-state index >= 15 is 0 Å². The molecule has 0 radical (unpaired) electrons. The summed E-state index contributed by atoms with van der Waals surface area (Å²) in [5.41, 5.74) is 3.29. The van der Waals surface area contributed by atoms with Crippen LogP contribution in [0.4, 0.5) is 4.79 Å². The van der Waals surface area contributed by atoms with Gasteiger partial charge in [0.1, 0.15) is 0 Å². The number of carbonyl (C=O) groups is 1. The van der Waals surface area contributed by atoms with Crippen molar-refractivity contribution in [1.82, 2.24) is 10.8 Å². The van der Waals surface area contributed by atoms with Crippen LogP contribution in [0.5, 0.6) is 0 Å². The lowest BCUT2D eigenvalue weighted by molar-refractivity contribution is 0.106. The highest BCUT2D eigenvalue weighted by atomic mass is 32.1. The first kappa shape index (κ1) is 10.0. The van der Waals surface area contributed by atoms with Crippen molar-refractivity contribution in [1.29, 1.82) is 0 Å². The van der Waals surface area contributed by atoms with E-state index in [0.717, 1.165) is 5.56 Å². The Morgan fingerprint density at radius 1 is 1.69 bits per heavy atom. The lowest BCUT2D eigenvalue weighted by Crippen LogP contribution is -2.36. The van der Waals surface area contributed by atoms with Gasteiger partial charge in [-0.15, -0.1) is 0 Å². The second kappa shape index (κ2) is 4.84. The number of hydroxylamine groups is 1. The largest absolute Gasteiger partial charge is 0.339 e. The molecule has 0 saturated carbocycles. The third kappa shape index (κ3) is 3.04. The molecule has 13 heavy (non-hydrogen) atoms. The molecule has 1 unspecified atom stereocenters. The van der Waals surface area contributed by atoms with Crippen LogP contribution in [-0.4, -0.2) is 13.1 Å². The topological polar surface area (TPSA) is 50.4 Å². The predicted octanol–water partition coefficient (Wildman–Crippen LogP) is 1.67. The molecule has 1 aromatic heterocycles. The van der Waals surface area contributed by atoms with Gasteiger partial charge in [-0.25, -0.2) is 10.3 Å². The number of carbonyl (C=O) groups excluding carboxylic acids is 1. The average Bonchev–Trinajstić information content (AvgIpc) is 2.55. The van der Waals surface area contributed by atoms with Crippen LogP contribution in [0.25, 0.3) is 0 Å². The fraction of sp³-hybridized carbons (Fsp3) is 0.375. The Kier molecular flexibility index (Phi) is 3.72. The second-order valence-corrected chi connectivity index (χ2v) is 3.34. The molecule has 0 aliphatic rings. The first-order chi connectivity index (χ1) is 6.24. The van der Waals surface area contributed by atoms with E-state index in [4.69, 9.17) is 0 Å². The van der Waals surface area contributed by atoms with Crippen molar-refractivity contribution < 1.29 is 9.63 Å². The minimum atomic E-state index is -0.332. The summed E-state index contributed by atoms with van der Waals surface area (Å²) in [6.07, 6.45) is 0. The summed E-state index contributed by atoms with van der Waals surface area (Å²) < 4.78 is 0. The Hall–Kier alpha value is -1.07. The molecule has 1 aromatic rings. The zero-order valence-corrected chi connectivity index (χ0v) is 8.35. The van der Waals surface area contributed by atoms with Crippen LogP contribution < -0.4 is 10.8 Å². The van der Waals surface area contributed by atoms with Crippen LogP contribution in [0.1, 0.15) is 18.5 Å². The molecule has 0 spiro atoms. The Morgan fingerprint density at radius 3 is 3.00 bits per heavy atom. The van der Waals surface area contributed by atoms with Crippen molar-refractivity contribution in [3.8, 4) is 0 Å². The van der Waals surface area contributed by atoms with E-state index < -0.39 is 0 Å². The van der Waals surface area contributed by atoms with Crippen molar-refractivity contribution in [3.63, 3.8) is 0 Å². The Bertz CT molecular complexity index is 261. The number of hydrogen-bond acceptors (Lipinski definition) is 3. The molecule has 4 nitrogen and oxygen atoms in total. The molecule has 2 N–H and O–H groups in total. The van der Waals surface area contributed by atoms with E-state index in [0.29, 0.717) is 0 Å². The van der Waals surface area contributed by atoms with Crippen LogP contribution >= 0.6 is 11.3 Å². The van der Waals surface area contributed by atoms with Gasteiger partial charge in [0, 0.05) is 0 Å². The molecule has 1 rings (SSSR count). The van der Waals surface area contributed by atoms with Gasteiger partial charge in [-0.1, -0.05) is 0 Å². The molecule has 0 aliphatic heterocycles. The fourth-order valence-corrected chi connectivity index (χ4v) is 1.68. The maximum absolute atomic E-state index is 11.0. The Balaban J connectivity index is 2.42. The van der Waals surface area contributed by atoms with Crippen LogP contribution in [0.2, 0.25) is 0 Å². The molecule has 1 atom stereocenters. The van der Waals surface area contributed by atoms with Crippen molar-refractivity contribution in [2.75, 3.05) is 7.11 Å². The molecule has 0 aromatic carbocycles. The highest BCUT2D eigenvalue weighted by Gasteiger charge is 2.08. The third-order valence-electron chi connectivity index (χ3n) is 1.59. The minimum absolute atomic E-state index is 0.00130. The lowest BCUT2D eigenvalue weighted by Gasteiger charge is -2.11. The molecular weight excluding hydrogens is 188 g/mol. The average molecular weight is 200 g/mol. The zero-order valence-electron chi connectivity index (χ0n) is 7.53. The number of rotatable bonds is 3. The quantitative estimate of drug-likeness (QED) is 0.729. The van der Waals surface area contributed by atoms with E-state index in [2.05, 4.69) is 15.6 Å². The third-order valence-corrected chi connectivity index (χ3v) is 2.29. The van der Waals surface area contributed by atoms with Gasteiger partial charge in [0.05, 0.1) is 13.2 Å². The van der Waals surface area contributed by atoms with Gasteiger partial charge in [-0.3, -0.25) is 4.84 Å². The number of amides is 2. The van der Waals surface area contributed by atoms with Gasteiger partial charge < -0.3 is 5.32 Å². The highest BCUT2D eigenvalue weighted by Crippen LogP contribution is 2.14. The van der Waals surface area contributed by atoms with E-state index in [-0.39, 0.29) is 12.1 Å². The van der Waals surface area contributed by atoms with Crippen LogP contribution in [0.3, 0.4) is 0 Å². The molecule has 0 bridgehead atoms. The second-order valence-electron chi connectivity index (χ2n) is 2.56. The molecule has 0 aliphatic carbocycles. The van der Waals surface area contributed by atoms with Crippen molar-refractivity contribution in [3.05, 3.63) is 22.4 Å². The van der Waals surface area contributed by atoms with Gasteiger partial charge in [0.15, 0.2) is 0 Å². The maximum Gasteiger partial charge on any atom is 0.339 e. The minimum Gasteiger partial charge on any atom is -0.330 e. The molecule has 1 heterocycles. The Morgan fingerprint density at radius 2 is 2.46 bits per heavy atom. The standard InChI is InChI=1S/C8H12N2O2S/c1-6(7-3-4-13-5-7)9-8(11)10-12-2/h3-6H,1-2H3,(H2,9,10,11). The summed E-state index contributed by atoms with van der Waals surface area (Å²) in [5.74, 6) is 0. The number of thiophene rings is 1. The van der Waals surface area contributed by atoms with E-state index in [9.17, 15) is 4.79 Å². The van der Waals surface area contributed by atoms with Gasteiger partial charge in [-0.05, 0) is 29.3 Å². The van der Waals surface area contributed by atoms with E-state index in [1.807, 2.05) is 23.8 Å². The molecule has 5 heteroatoms. The first-order valence-electron chi connectivity index (χ1n) is 3.85. The summed E-state index contributed by atoms with van der Waals surface area (Å²) >= 11 is 1.61. The molecular formula is C8H12N2O2S. The van der Waals surface area contributed by atoms with Crippen LogP contribution in [0.15, 0.2) is 16.8 Å². The Labute approximate surface area is 80.9 Å². The smallest absolute Gasteiger partial charge is 0.330 e. The molecule has 72 valence electrons. The lowest BCUT2D eigenvalue weighted by atomic mass is 10.2. The normalized spacial score (nSPS) is 12.2. The van der Waals surface area contributed by atoms with Crippen molar-refractivity contribution in [2.24, 2.45) is 0 Å². The SMILES string of the molecule is CONC(=O)NC(C)c1ccsc1. The summed E-state index contributed by atoms with van der Waals surface area (Å²) in [6.45, 7) is 1.91. The van der Waals surface area contributed by atoms with E-state index in [1.165, 1.54) is 7.11 Å². The summed E-state index contributed by atoms with van der Waals surface area (Å²) in [6, 6.07) is 1.64. The van der Waals surface area contributed by atoms with Gasteiger partial charge >= 0.3 is 6.03 Å². The first-order valence-corrected chi connectivity index (χ1v) is 4.80. The molecule has 0 fully saturated rings. The summed E-state index contributed by atoms with van der Waals surface area (Å²) in [7, 11) is 1.40. The summed E-state index contributed by atoms with van der Waals surface area (Å²) in [4.78, 5) is 15.5. The molecule has 2 amide bonds.